The molecule has 0 bridgehead atoms. The van der Waals surface area contributed by atoms with Gasteiger partial charge in [0, 0.05) is 18.9 Å². The molecule has 0 amide bonds. The molecule has 3 nitrogen and oxygen atoms in total. The highest BCUT2D eigenvalue weighted by molar-refractivity contribution is 7.99. The molecule has 0 atom stereocenters. The average molecular weight is 226 g/mol. The van der Waals surface area contributed by atoms with E-state index in [1.807, 2.05) is 18.7 Å². The maximum absolute atomic E-state index is 5.61. The predicted octanol–water partition coefficient (Wildman–Crippen LogP) is 2.09. The van der Waals surface area contributed by atoms with Crippen LogP contribution in [-0.4, -0.2) is 23.0 Å². The van der Waals surface area contributed by atoms with Crippen LogP contribution >= 0.6 is 11.8 Å². The molecule has 1 aromatic heterocycles. The fraction of sp³-hybridized carbons (Fsp3) is 0.727. The second-order valence-corrected chi connectivity index (χ2v) is 5.20. The Hall–Kier alpha value is -0.480. The number of aromatic nitrogens is 1. The third kappa shape index (κ3) is 2.55. The summed E-state index contributed by atoms with van der Waals surface area (Å²) in [5.74, 6) is 4.92. The third-order valence-electron chi connectivity index (χ3n) is 2.84. The SMILES string of the molecule is Cc1oc(CCN)nc1C1CCSCC1. The standard InChI is InChI=1S/C11H18N2OS/c1-8-11(9-3-6-15-7-4-9)13-10(14-8)2-5-12/h9H,2-7,12H2,1H3. The van der Waals surface area contributed by atoms with E-state index in [-0.39, 0.29) is 0 Å². The minimum absolute atomic E-state index is 0.611. The molecule has 0 aromatic carbocycles. The van der Waals surface area contributed by atoms with Crippen molar-refractivity contribution in [3.8, 4) is 0 Å². The Balaban J connectivity index is 2.11. The molecule has 15 heavy (non-hydrogen) atoms. The molecular formula is C11H18N2OS. The van der Waals surface area contributed by atoms with Gasteiger partial charge in [0.25, 0.3) is 0 Å². The maximum atomic E-state index is 5.61. The second-order valence-electron chi connectivity index (χ2n) is 3.97. The molecule has 1 aliphatic heterocycles. The summed E-state index contributed by atoms with van der Waals surface area (Å²) < 4.78 is 5.61. The van der Waals surface area contributed by atoms with Crippen molar-refractivity contribution in [3.63, 3.8) is 0 Å². The zero-order valence-corrected chi connectivity index (χ0v) is 9.98. The fourth-order valence-electron chi connectivity index (χ4n) is 2.05. The molecule has 0 unspecified atom stereocenters. The summed E-state index contributed by atoms with van der Waals surface area (Å²) in [6.07, 6.45) is 3.22. The summed E-state index contributed by atoms with van der Waals surface area (Å²) in [6, 6.07) is 0. The molecule has 0 aliphatic carbocycles. The van der Waals surface area contributed by atoms with Gasteiger partial charge in [-0.25, -0.2) is 4.98 Å². The lowest BCUT2D eigenvalue weighted by Crippen LogP contribution is -2.09. The third-order valence-corrected chi connectivity index (χ3v) is 3.89. The lowest BCUT2D eigenvalue weighted by molar-refractivity contribution is 0.469. The first-order valence-electron chi connectivity index (χ1n) is 5.55. The molecule has 1 fully saturated rings. The Morgan fingerprint density at radius 1 is 1.47 bits per heavy atom. The summed E-state index contributed by atoms with van der Waals surface area (Å²) in [7, 11) is 0. The van der Waals surface area contributed by atoms with Gasteiger partial charge in [-0.1, -0.05) is 0 Å². The monoisotopic (exact) mass is 226 g/mol. The number of rotatable bonds is 3. The topological polar surface area (TPSA) is 52.0 Å². The van der Waals surface area contributed by atoms with Crippen molar-refractivity contribution in [1.29, 1.82) is 0 Å². The van der Waals surface area contributed by atoms with Gasteiger partial charge in [0.05, 0.1) is 5.69 Å². The van der Waals surface area contributed by atoms with Gasteiger partial charge in [0.15, 0.2) is 5.89 Å². The first-order chi connectivity index (χ1) is 7.31. The summed E-state index contributed by atoms with van der Waals surface area (Å²) in [5, 5.41) is 0. The van der Waals surface area contributed by atoms with Crippen LogP contribution in [0.2, 0.25) is 0 Å². The number of nitrogens with two attached hydrogens (primary N) is 1. The van der Waals surface area contributed by atoms with Gasteiger partial charge in [0.2, 0.25) is 0 Å². The van der Waals surface area contributed by atoms with Crippen molar-refractivity contribution in [3.05, 3.63) is 17.3 Å². The molecule has 2 N–H and O–H groups in total. The van der Waals surface area contributed by atoms with Gasteiger partial charge in [-0.2, -0.15) is 11.8 Å². The molecular weight excluding hydrogens is 208 g/mol. The van der Waals surface area contributed by atoms with Gasteiger partial charge < -0.3 is 10.2 Å². The number of hydrogen-bond donors (Lipinski definition) is 1. The van der Waals surface area contributed by atoms with Crippen LogP contribution in [0.3, 0.4) is 0 Å². The van der Waals surface area contributed by atoms with Crippen molar-refractivity contribution in [1.82, 2.24) is 4.98 Å². The molecule has 4 heteroatoms. The van der Waals surface area contributed by atoms with E-state index in [9.17, 15) is 0 Å². The predicted molar refractivity (Wildman–Crippen MR) is 63.3 cm³/mol. The Labute approximate surface area is 94.8 Å². The Bertz CT molecular complexity index is 318. The van der Waals surface area contributed by atoms with Crippen molar-refractivity contribution in [2.45, 2.75) is 32.1 Å². The molecule has 0 spiro atoms. The second kappa shape index (κ2) is 5.03. The Morgan fingerprint density at radius 3 is 2.87 bits per heavy atom. The smallest absolute Gasteiger partial charge is 0.195 e. The van der Waals surface area contributed by atoms with Crippen molar-refractivity contribution in [2.24, 2.45) is 5.73 Å². The minimum Gasteiger partial charge on any atom is -0.446 e. The van der Waals surface area contributed by atoms with Crippen LogP contribution in [0.15, 0.2) is 4.42 Å². The normalized spacial score (nSPS) is 18.3. The maximum Gasteiger partial charge on any atom is 0.195 e. The molecule has 2 rings (SSSR count). The lowest BCUT2D eigenvalue weighted by atomic mass is 9.98. The molecule has 2 heterocycles. The zero-order valence-electron chi connectivity index (χ0n) is 9.16. The molecule has 0 saturated carbocycles. The molecule has 84 valence electrons. The highest BCUT2D eigenvalue weighted by Crippen LogP contribution is 2.32. The molecule has 1 saturated heterocycles. The number of hydrogen-bond acceptors (Lipinski definition) is 4. The van der Waals surface area contributed by atoms with Crippen molar-refractivity contribution in [2.75, 3.05) is 18.1 Å². The van der Waals surface area contributed by atoms with Crippen molar-refractivity contribution < 1.29 is 4.42 Å². The summed E-state index contributed by atoms with van der Waals surface area (Å²) in [5.41, 5.74) is 6.67. The van der Waals surface area contributed by atoms with E-state index >= 15 is 0 Å². The van der Waals surface area contributed by atoms with E-state index in [4.69, 9.17) is 10.2 Å². The summed E-state index contributed by atoms with van der Waals surface area (Å²) >= 11 is 2.04. The number of aryl methyl sites for hydroxylation is 1. The van der Waals surface area contributed by atoms with Crippen LogP contribution in [-0.2, 0) is 6.42 Å². The van der Waals surface area contributed by atoms with Crippen LogP contribution in [0.25, 0.3) is 0 Å². The Morgan fingerprint density at radius 2 is 2.20 bits per heavy atom. The first-order valence-corrected chi connectivity index (χ1v) is 6.70. The van der Waals surface area contributed by atoms with Gasteiger partial charge in [-0.05, 0) is 31.3 Å². The molecule has 1 aliphatic rings. The minimum atomic E-state index is 0.611. The summed E-state index contributed by atoms with van der Waals surface area (Å²) in [6.45, 7) is 2.63. The van der Waals surface area contributed by atoms with E-state index in [1.54, 1.807) is 0 Å². The number of nitrogens with zero attached hydrogens (tertiary/aromatic N) is 1. The van der Waals surface area contributed by atoms with E-state index in [2.05, 4.69) is 4.98 Å². The van der Waals surface area contributed by atoms with E-state index in [0.29, 0.717) is 12.5 Å². The quantitative estimate of drug-likeness (QED) is 0.857. The lowest BCUT2D eigenvalue weighted by Gasteiger charge is -2.19. The van der Waals surface area contributed by atoms with Crippen molar-refractivity contribution >= 4 is 11.8 Å². The van der Waals surface area contributed by atoms with Crippen LogP contribution in [0.1, 0.15) is 36.1 Å². The largest absolute Gasteiger partial charge is 0.446 e. The highest BCUT2D eigenvalue weighted by atomic mass is 32.2. The summed E-state index contributed by atoms with van der Waals surface area (Å²) in [4.78, 5) is 4.57. The van der Waals surface area contributed by atoms with Gasteiger partial charge in [-0.3, -0.25) is 0 Å². The molecule has 0 radical (unpaired) electrons. The van der Waals surface area contributed by atoms with E-state index in [1.165, 1.54) is 30.0 Å². The number of thioether (sulfide) groups is 1. The average Bonchev–Trinajstić information content (AvgIpc) is 2.61. The zero-order chi connectivity index (χ0) is 10.7. The van der Waals surface area contributed by atoms with Gasteiger partial charge >= 0.3 is 0 Å². The van der Waals surface area contributed by atoms with Crippen LogP contribution in [0.4, 0.5) is 0 Å². The fourth-order valence-corrected chi connectivity index (χ4v) is 3.15. The van der Waals surface area contributed by atoms with Gasteiger partial charge in [0.1, 0.15) is 5.76 Å². The van der Waals surface area contributed by atoms with E-state index < -0.39 is 0 Å². The van der Waals surface area contributed by atoms with Crippen LogP contribution < -0.4 is 5.73 Å². The highest BCUT2D eigenvalue weighted by Gasteiger charge is 2.21. The van der Waals surface area contributed by atoms with E-state index in [0.717, 1.165) is 18.1 Å². The van der Waals surface area contributed by atoms with Crippen LogP contribution in [0.5, 0.6) is 0 Å². The molecule has 1 aromatic rings. The van der Waals surface area contributed by atoms with Crippen LogP contribution in [0, 0.1) is 6.92 Å². The first kappa shape index (κ1) is 11.0. The van der Waals surface area contributed by atoms with Gasteiger partial charge in [-0.15, -0.1) is 0 Å². The number of oxazole rings is 1. The Kier molecular flexibility index (Phi) is 3.70.